The molecule has 21 heavy (non-hydrogen) atoms. The van der Waals surface area contributed by atoms with Gasteiger partial charge in [0.2, 0.25) is 0 Å². The molecular weight excluding hydrogens is 266 g/mol. The highest BCUT2D eigenvalue weighted by molar-refractivity contribution is 6.06. The molecule has 4 nitrogen and oxygen atoms in total. The molecule has 2 aromatic rings. The van der Waals surface area contributed by atoms with Crippen LogP contribution in [0.2, 0.25) is 0 Å². The Hall–Kier alpha value is -2.49. The summed E-state index contributed by atoms with van der Waals surface area (Å²) in [5, 5.41) is 12.8. The number of ether oxygens (including phenoxy) is 1. The maximum absolute atomic E-state index is 12.3. The van der Waals surface area contributed by atoms with E-state index in [-0.39, 0.29) is 23.0 Å². The van der Waals surface area contributed by atoms with Gasteiger partial charge in [0.15, 0.2) is 11.5 Å². The number of nitrogens with one attached hydrogen (secondary N) is 1. The fourth-order valence-electron chi connectivity index (χ4n) is 2.04. The zero-order chi connectivity index (χ0) is 15.4. The van der Waals surface area contributed by atoms with Gasteiger partial charge in [0.1, 0.15) is 0 Å². The second kappa shape index (κ2) is 6.31. The molecular formula is C17H19NO3. The molecule has 4 heteroatoms. The zero-order valence-corrected chi connectivity index (χ0v) is 12.4. The molecule has 0 atom stereocenters. The van der Waals surface area contributed by atoms with E-state index in [4.69, 9.17) is 4.74 Å². The van der Waals surface area contributed by atoms with E-state index in [0.717, 1.165) is 5.56 Å². The van der Waals surface area contributed by atoms with Gasteiger partial charge in [-0.05, 0) is 35.7 Å². The van der Waals surface area contributed by atoms with Crippen LogP contribution in [0.4, 0.5) is 5.69 Å². The predicted molar refractivity (Wildman–Crippen MR) is 83.1 cm³/mol. The third kappa shape index (κ3) is 3.34. The van der Waals surface area contributed by atoms with E-state index in [9.17, 15) is 9.90 Å². The Morgan fingerprint density at radius 3 is 2.57 bits per heavy atom. The van der Waals surface area contributed by atoms with E-state index >= 15 is 0 Å². The van der Waals surface area contributed by atoms with Gasteiger partial charge in [0, 0.05) is 5.69 Å². The summed E-state index contributed by atoms with van der Waals surface area (Å²) < 4.78 is 5.01. The molecule has 0 saturated heterocycles. The molecule has 1 amide bonds. The molecule has 2 rings (SSSR count). The Balaban J connectivity index is 2.24. The minimum atomic E-state index is -0.368. The quantitative estimate of drug-likeness (QED) is 0.898. The van der Waals surface area contributed by atoms with Crippen LogP contribution >= 0.6 is 0 Å². The fraction of sp³-hybridized carbons (Fsp3) is 0.235. The largest absolute Gasteiger partial charge is 0.504 e. The summed E-state index contributed by atoms with van der Waals surface area (Å²) in [7, 11) is 1.45. The highest BCUT2D eigenvalue weighted by Crippen LogP contribution is 2.30. The van der Waals surface area contributed by atoms with Gasteiger partial charge in [-0.2, -0.15) is 0 Å². The molecule has 0 bridgehead atoms. The molecule has 0 spiro atoms. The molecule has 2 N–H and O–H groups in total. The van der Waals surface area contributed by atoms with E-state index in [2.05, 4.69) is 19.2 Å². The van der Waals surface area contributed by atoms with Gasteiger partial charge in [-0.15, -0.1) is 0 Å². The minimum Gasteiger partial charge on any atom is -0.504 e. The SMILES string of the molecule is COc1cccc(C(=O)Nc2cccc(C(C)C)c2)c1O. The fourth-order valence-corrected chi connectivity index (χ4v) is 2.04. The van der Waals surface area contributed by atoms with Gasteiger partial charge in [0.05, 0.1) is 12.7 Å². The van der Waals surface area contributed by atoms with E-state index < -0.39 is 0 Å². The van der Waals surface area contributed by atoms with Gasteiger partial charge in [-0.3, -0.25) is 4.79 Å². The lowest BCUT2D eigenvalue weighted by molar-refractivity contribution is 0.102. The monoisotopic (exact) mass is 285 g/mol. The van der Waals surface area contributed by atoms with Crippen molar-refractivity contribution in [3.05, 3.63) is 53.6 Å². The number of para-hydroxylation sites is 1. The summed E-state index contributed by atoms with van der Waals surface area (Å²) in [6.45, 7) is 4.18. The van der Waals surface area contributed by atoms with E-state index in [1.807, 2.05) is 24.3 Å². The molecule has 0 heterocycles. The third-order valence-corrected chi connectivity index (χ3v) is 3.27. The summed E-state index contributed by atoms with van der Waals surface area (Å²) in [6, 6.07) is 12.5. The van der Waals surface area contributed by atoms with Crippen LogP contribution in [-0.4, -0.2) is 18.1 Å². The molecule has 2 aromatic carbocycles. The average molecular weight is 285 g/mol. The van der Waals surface area contributed by atoms with Crippen LogP contribution in [0, 0.1) is 0 Å². The van der Waals surface area contributed by atoms with Crippen LogP contribution in [0.1, 0.15) is 35.7 Å². The van der Waals surface area contributed by atoms with Crippen molar-refractivity contribution in [2.75, 3.05) is 12.4 Å². The van der Waals surface area contributed by atoms with Gasteiger partial charge >= 0.3 is 0 Å². The second-order valence-corrected chi connectivity index (χ2v) is 5.09. The number of benzene rings is 2. The van der Waals surface area contributed by atoms with Gasteiger partial charge < -0.3 is 15.2 Å². The minimum absolute atomic E-state index is 0.155. The van der Waals surface area contributed by atoms with Crippen molar-refractivity contribution in [2.45, 2.75) is 19.8 Å². The van der Waals surface area contributed by atoms with E-state index in [0.29, 0.717) is 11.6 Å². The van der Waals surface area contributed by atoms with Crippen molar-refractivity contribution in [3.8, 4) is 11.5 Å². The number of hydrogen-bond donors (Lipinski definition) is 2. The number of carbonyl (C=O) groups is 1. The number of methoxy groups -OCH3 is 1. The van der Waals surface area contributed by atoms with Crippen molar-refractivity contribution >= 4 is 11.6 Å². The third-order valence-electron chi connectivity index (χ3n) is 3.27. The molecule has 0 aliphatic heterocycles. The first-order chi connectivity index (χ1) is 10.0. The standard InChI is InChI=1S/C17H19NO3/c1-11(2)12-6-4-7-13(10-12)18-17(20)14-8-5-9-15(21-3)16(14)19/h4-11,19H,1-3H3,(H,18,20). The topological polar surface area (TPSA) is 58.6 Å². The highest BCUT2D eigenvalue weighted by Gasteiger charge is 2.15. The van der Waals surface area contributed by atoms with Crippen molar-refractivity contribution in [2.24, 2.45) is 0 Å². The summed E-state index contributed by atoms with van der Waals surface area (Å²) in [5.74, 6) is 0.135. The van der Waals surface area contributed by atoms with E-state index in [1.54, 1.807) is 18.2 Å². The number of phenolic OH excluding ortho intramolecular Hbond substituents is 1. The maximum Gasteiger partial charge on any atom is 0.259 e. The van der Waals surface area contributed by atoms with Crippen LogP contribution in [0.15, 0.2) is 42.5 Å². The van der Waals surface area contributed by atoms with Crippen molar-refractivity contribution in [1.29, 1.82) is 0 Å². The Labute approximate surface area is 124 Å². The Kier molecular flexibility index (Phi) is 4.48. The Morgan fingerprint density at radius 1 is 1.19 bits per heavy atom. The average Bonchev–Trinajstić information content (AvgIpc) is 2.47. The smallest absolute Gasteiger partial charge is 0.259 e. The van der Waals surface area contributed by atoms with Crippen LogP contribution in [0.3, 0.4) is 0 Å². The van der Waals surface area contributed by atoms with Crippen molar-refractivity contribution < 1.29 is 14.6 Å². The lowest BCUT2D eigenvalue weighted by Gasteiger charge is -2.11. The lowest BCUT2D eigenvalue weighted by Crippen LogP contribution is -2.12. The number of aromatic hydroxyl groups is 1. The van der Waals surface area contributed by atoms with Crippen molar-refractivity contribution in [3.63, 3.8) is 0 Å². The van der Waals surface area contributed by atoms with Crippen LogP contribution in [0.25, 0.3) is 0 Å². The number of phenols is 1. The number of anilines is 1. The number of rotatable bonds is 4. The molecule has 0 unspecified atom stereocenters. The molecule has 0 aliphatic carbocycles. The number of carbonyl (C=O) groups excluding carboxylic acids is 1. The molecule has 0 saturated carbocycles. The van der Waals surface area contributed by atoms with Crippen LogP contribution in [0.5, 0.6) is 11.5 Å². The Bertz CT molecular complexity index is 650. The second-order valence-electron chi connectivity index (χ2n) is 5.09. The summed E-state index contributed by atoms with van der Waals surface area (Å²) >= 11 is 0. The first kappa shape index (κ1) is 14.9. The lowest BCUT2D eigenvalue weighted by atomic mass is 10.0. The van der Waals surface area contributed by atoms with E-state index in [1.165, 1.54) is 7.11 Å². The Morgan fingerprint density at radius 2 is 1.90 bits per heavy atom. The summed E-state index contributed by atoms with van der Waals surface area (Å²) in [4.78, 5) is 12.3. The highest BCUT2D eigenvalue weighted by atomic mass is 16.5. The zero-order valence-electron chi connectivity index (χ0n) is 12.4. The molecule has 0 radical (unpaired) electrons. The van der Waals surface area contributed by atoms with Gasteiger partial charge in [-0.1, -0.05) is 32.0 Å². The normalized spacial score (nSPS) is 10.5. The van der Waals surface area contributed by atoms with Crippen molar-refractivity contribution in [1.82, 2.24) is 0 Å². The predicted octanol–water partition coefficient (Wildman–Crippen LogP) is 3.78. The molecule has 110 valence electrons. The molecule has 0 fully saturated rings. The first-order valence-corrected chi connectivity index (χ1v) is 6.80. The first-order valence-electron chi connectivity index (χ1n) is 6.80. The molecule has 0 aliphatic rings. The van der Waals surface area contributed by atoms with Crippen LogP contribution < -0.4 is 10.1 Å². The van der Waals surface area contributed by atoms with Gasteiger partial charge in [0.25, 0.3) is 5.91 Å². The van der Waals surface area contributed by atoms with Crippen LogP contribution in [-0.2, 0) is 0 Å². The maximum atomic E-state index is 12.3. The summed E-state index contributed by atoms with van der Waals surface area (Å²) in [5.41, 5.74) is 2.03. The number of amides is 1. The molecule has 0 aromatic heterocycles. The number of hydrogen-bond acceptors (Lipinski definition) is 3. The van der Waals surface area contributed by atoms with Gasteiger partial charge in [-0.25, -0.2) is 0 Å². The summed E-state index contributed by atoms with van der Waals surface area (Å²) in [6.07, 6.45) is 0.